The zero-order valence-corrected chi connectivity index (χ0v) is 14.3. The molecule has 0 aliphatic rings. The topological polar surface area (TPSA) is 37.3 Å². The van der Waals surface area contributed by atoms with Crippen LogP contribution in [-0.2, 0) is 4.79 Å². The van der Waals surface area contributed by atoms with Crippen LogP contribution in [0.2, 0.25) is 0 Å². The molecular formula is C20H34O2. The minimum atomic E-state index is -0.902. The maximum atomic E-state index is 10.2. The number of carboxylic acids is 1. The molecule has 1 N–H and O–H groups in total. The number of hydrogen-bond donors (Lipinski definition) is 1. The lowest BCUT2D eigenvalue weighted by atomic mass is 10.1. The second-order valence-corrected chi connectivity index (χ2v) is 5.80. The van der Waals surface area contributed by atoms with Gasteiger partial charge in [0.2, 0.25) is 0 Å². The first-order chi connectivity index (χ1) is 10.8. The third kappa shape index (κ3) is 18.7. The van der Waals surface area contributed by atoms with Gasteiger partial charge in [-0.1, -0.05) is 95.1 Å². The number of allylic oxidation sites excluding steroid dienone is 5. The van der Waals surface area contributed by atoms with Gasteiger partial charge in [-0.3, -0.25) is 0 Å². The van der Waals surface area contributed by atoms with Crippen molar-refractivity contribution in [1.29, 1.82) is 0 Å². The van der Waals surface area contributed by atoms with E-state index in [9.17, 15) is 4.79 Å². The molecule has 2 heteroatoms. The van der Waals surface area contributed by atoms with Gasteiger partial charge in [0.15, 0.2) is 0 Å². The molecule has 0 aliphatic heterocycles. The van der Waals surface area contributed by atoms with E-state index in [1.54, 1.807) is 12.2 Å². The highest BCUT2D eigenvalue weighted by molar-refractivity contribution is 5.80. The molecule has 0 aromatic carbocycles. The number of rotatable bonds is 15. The van der Waals surface area contributed by atoms with Gasteiger partial charge in [-0.15, -0.1) is 0 Å². The molecule has 0 aromatic heterocycles. The van der Waals surface area contributed by atoms with Gasteiger partial charge in [0, 0.05) is 6.08 Å². The molecule has 0 heterocycles. The highest BCUT2D eigenvalue weighted by Gasteiger charge is 1.91. The predicted octanol–water partition coefficient (Wildman–Crippen LogP) is 6.44. The van der Waals surface area contributed by atoms with Gasteiger partial charge in [-0.25, -0.2) is 4.79 Å². The van der Waals surface area contributed by atoms with Gasteiger partial charge < -0.3 is 5.11 Å². The second kappa shape index (κ2) is 17.7. The van der Waals surface area contributed by atoms with Gasteiger partial charge in [0.1, 0.15) is 0 Å². The van der Waals surface area contributed by atoms with Crippen molar-refractivity contribution in [1.82, 2.24) is 0 Å². The van der Waals surface area contributed by atoms with E-state index >= 15 is 0 Å². The van der Waals surface area contributed by atoms with E-state index in [0.717, 1.165) is 18.9 Å². The zero-order valence-electron chi connectivity index (χ0n) is 14.3. The van der Waals surface area contributed by atoms with Crippen molar-refractivity contribution in [3.63, 3.8) is 0 Å². The molecule has 0 spiro atoms. The molecule has 0 rings (SSSR count). The van der Waals surface area contributed by atoms with Gasteiger partial charge in [-0.05, 0) is 19.3 Å². The summed E-state index contributed by atoms with van der Waals surface area (Å²) < 4.78 is 0. The first kappa shape index (κ1) is 20.7. The first-order valence-electron chi connectivity index (χ1n) is 8.98. The van der Waals surface area contributed by atoms with Crippen molar-refractivity contribution < 1.29 is 9.90 Å². The number of carboxylic acid groups (broad SMARTS) is 1. The van der Waals surface area contributed by atoms with Crippen LogP contribution in [0.25, 0.3) is 0 Å². The second-order valence-electron chi connectivity index (χ2n) is 5.80. The van der Waals surface area contributed by atoms with Crippen molar-refractivity contribution in [2.24, 2.45) is 0 Å². The molecule has 0 bridgehead atoms. The Morgan fingerprint density at radius 3 is 1.95 bits per heavy atom. The van der Waals surface area contributed by atoms with Crippen molar-refractivity contribution in [3.8, 4) is 0 Å². The molecule has 2 nitrogen and oxygen atoms in total. The van der Waals surface area contributed by atoms with Crippen LogP contribution in [0.15, 0.2) is 36.5 Å². The Morgan fingerprint density at radius 1 is 0.773 bits per heavy atom. The first-order valence-corrected chi connectivity index (χ1v) is 8.98. The molecule has 0 saturated heterocycles. The smallest absolute Gasteiger partial charge is 0.328 e. The number of hydrogen-bond acceptors (Lipinski definition) is 1. The third-order valence-electron chi connectivity index (χ3n) is 3.65. The molecule has 0 saturated carbocycles. The summed E-state index contributed by atoms with van der Waals surface area (Å²) in [7, 11) is 0. The third-order valence-corrected chi connectivity index (χ3v) is 3.65. The Hall–Kier alpha value is -1.31. The monoisotopic (exact) mass is 306 g/mol. The number of aliphatic carboxylic acids is 1. The molecule has 126 valence electrons. The predicted molar refractivity (Wildman–Crippen MR) is 96.1 cm³/mol. The van der Waals surface area contributed by atoms with Crippen LogP contribution in [0.4, 0.5) is 0 Å². The standard InChI is InChI=1S/C20H34O2/c1-2-3-4-5-6-7-8-9-10-11-12-13-14-15-16-17-18-19-20(21)22/h13-14,16-19H,2-12,15H2,1H3,(H,21,22). The zero-order chi connectivity index (χ0) is 16.3. The molecule has 0 amide bonds. The van der Waals surface area contributed by atoms with E-state index in [1.165, 1.54) is 64.2 Å². The number of carbonyl (C=O) groups is 1. The lowest BCUT2D eigenvalue weighted by Crippen LogP contribution is -1.84. The lowest BCUT2D eigenvalue weighted by Gasteiger charge is -2.01. The molecule has 0 aromatic rings. The summed E-state index contributed by atoms with van der Waals surface area (Å²) in [4.78, 5) is 10.2. The van der Waals surface area contributed by atoms with Gasteiger partial charge in [0.05, 0.1) is 0 Å². The summed E-state index contributed by atoms with van der Waals surface area (Å²) in [5.74, 6) is -0.902. The van der Waals surface area contributed by atoms with Crippen molar-refractivity contribution in [2.75, 3.05) is 0 Å². The summed E-state index contributed by atoms with van der Waals surface area (Å²) in [6.45, 7) is 2.27. The van der Waals surface area contributed by atoms with E-state index < -0.39 is 5.97 Å². The minimum Gasteiger partial charge on any atom is -0.478 e. The summed E-state index contributed by atoms with van der Waals surface area (Å²) in [6, 6.07) is 0. The Balaban J connectivity index is 3.22. The number of unbranched alkanes of at least 4 members (excludes halogenated alkanes) is 10. The van der Waals surface area contributed by atoms with Crippen LogP contribution in [0.3, 0.4) is 0 Å². The Bertz CT molecular complexity index is 327. The van der Waals surface area contributed by atoms with Crippen LogP contribution in [0.1, 0.15) is 84.0 Å². The van der Waals surface area contributed by atoms with Crippen molar-refractivity contribution in [2.45, 2.75) is 84.0 Å². The average Bonchev–Trinajstić information content (AvgIpc) is 2.50. The Kier molecular flexibility index (Phi) is 16.7. The fourth-order valence-corrected chi connectivity index (χ4v) is 2.34. The lowest BCUT2D eigenvalue weighted by molar-refractivity contribution is -0.131. The van der Waals surface area contributed by atoms with Crippen LogP contribution in [0, 0.1) is 0 Å². The largest absolute Gasteiger partial charge is 0.478 e. The molecule has 0 fully saturated rings. The van der Waals surface area contributed by atoms with E-state index in [4.69, 9.17) is 5.11 Å². The molecule has 22 heavy (non-hydrogen) atoms. The maximum absolute atomic E-state index is 10.2. The fraction of sp³-hybridized carbons (Fsp3) is 0.650. The summed E-state index contributed by atoms with van der Waals surface area (Å²) >= 11 is 0. The highest BCUT2D eigenvalue weighted by Crippen LogP contribution is 2.11. The summed E-state index contributed by atoms with van der Waals surface area (Å²) in [6.07, 6.45) is 26.7. The van der Waals surface area contributed by atoms with Gasteiger partial charge in [-0.2, -0.15) is 0 Å². The Labute approximate surface area is 137 Å². The molecule has 0 radical (unpaired) electrons. The van der Waals surface area contributed by atoms with Gasteiger partial charge >= 0.3 is 5.97 Å². The van der Waals surface area contributed by atoms with Gasteiger partial charge in [0.25, 0.3) is 0 Å². The molecule has 0 atom stereocenters. The summed E-state index contributed by atoms with van der Waals surface area (Å²) in [5, 5.41) is 8.40. The van der Waals surface area contributed by atoms with Crippen molar-refractivity contribution >= 4 is 5.97 Å². The fourth-order valence-electron chi connectivity index (χ4n) is 2.34. The van der Waals surface area contributed by atoms with E-state index in [0.29, 0.717) is 0 Å². The van der Waals surface area contributed by atoms with E-state index in [-0.39, 0.29) is 0 Å². The van der Waals surface area contributed by atoms with Crippen LogP contribution in [0.5, 0.6) is 0 Å². The molecule has 0 aliphatic carbocycles. The van der Waals surface area contributed by atoms with Crippen molar-refractivity contribution in [3.05, 3.63) is 36.5 Å². The minimum absolute atomic E-state index is 0.877. The summed E-state index contributed by atoms with van der Waals surface area (Å²) in [5.41, 5.74) is 0. The normalized spacial score (nSPS) is 12.0. The SMILES string of the molecule is CCCCCCCCCCCCC=CCC=CC=CC(=O)O. The van der Waals surface area contributed by atoms with Crippen LogP contribution < -0.4 is 0 Å². The van der Waals surface area contributed by atoms with Crippen LogP contribution >= 0.6 is 0 Å². The maximum Gasteiger partial charge on any atom is 0.328 e. The van der Waals surface area contributed by atoms with E-state index in [2.05, 4.69) is 19.1 Å². The van der Waals surface area contributed by atoms with E-state index in [1.807, 2.05) is 6.08 Å². The highest BCUT2D eigenvalue weighted by atomic mass is 16.4. The average molecular weight is 306 g/mol. The quantitative estimate of drug-likeness (QED) is 0.163. The molecule has 0 unspecified atom stereocenters. The Morgan fingerprint density at radius 2 is 1.36 bits per heavy atom. The molecular weight excluding hydrogens is 272 g/mol. The van der Waals surface area contributed by atoms with Crippen LogP contribution in [-0.4, -0.2) is 11.1 Å².